The molecular weight excluding hydrogens is 312 g/mol. The molecule has 2 rings (SSSR count). The van der Waals surface area contributed by atoms with Crippen LogP contribution in [0.5, 0.6) is 5.75 Å². The fourth-order valence-electron chi connectivity index (χ4n) is 3.10. The maximum Gasteiger partial charge on any atom is 0.315 e. The lowest BCUT2D eigenvalue weighted by atomic mass is 9.79. The van der Waals surface area contributed by atoms with E-state index in [9.17, 15) is 4.79 Å². The fourth-order valence-corrected chi connectivity index (χ4v) is 3.29. The van der Waals surface area contributed by atoms with E-state index in [1.807, 2.05) is 18.2 Å². The Morgan fingerprint density at radius 2 is 2.09 bits per heavy atom. The van der Waals surface area contributed by atoms with Crippen LogP contribution in [0.1, 0.15) is 38.7 Å². The molecule has 1 aromatic carbocycles. The highest BCUT2D eigenvalue weighted by Crippen LogP contribution is 2.29. The summed E-state index contributed by atoms with van der Waals surface area (Å²) in [4.78, 5) is 12.0. The summed E-state index contributed by atoms with van der Waals surface area (Å²) in [6, 6.07) is 5.91. The Labute approximate surface area is 143 Å². The van der Waals surface area contributed by atoms with Gasteiger partial charge < -0.3 is 15.4 Å². The van der Waals surface area contributed by atoms with Gasteiger partial charge in [-0.3, -0.25) is 0 Å². The van der Waals surface area contributed by atoms with Crippen LogP contribution < -0.4 is 15.4 Å². The third-order valence-corrected chi connectivity index (χ3v) is 5.16. The quantitative estimate of drug-likeness (QED) is 0.852. The lowest BCUT2D eigenvalue weighted by Crippen LogP contribution is -2.45. The van der Waals surface area contributed by atoms with E-state index < -0.39 is 0 Å². The maximum atomic E-state index is 12.0. The summed E-state index contributed by atoms with van der Waals surface area (Å²) in [6.07, 6.45) is 4.09. The van der Waals surface area contributed by atoms with Crippen LogP contribution in [0.15, 0.2) is 18.2 Å². The van der Waals surface area contributed by atoms with E-state index >= 15 is 0 Å². The van der Waals surface area contributed by atoms with Gasteiger partial charge in [0.1, 0.15) is 5.75 Å². The topological polar surface area (TPSA) is 50.4 Å². The van der Waals surface area contributed by atoms with E-state index in [-0.39, 0.29) is 6.03 Å². The van der Waals surface area contributed by atoms with Crippen molar-refractivity contribution < 1.29 is 9.53 Å². The van der Waals surface area contributed by atoms with Gasteiger partial charge >= 0.3 is 6.03 Å². The Balaban J connectivity index is 1.72. The molecule has 3 atom stereocenters. The molecule has 2 amide bonds. The number of urea groups is 1. The molecule has 5 heteroatoms. The number of benzene rings is 1. The largest absolute Gasteiger partial charge is 0.495 e. The number of halogens is 1. The number of hydrogen-bond acceptors (Lipinski definition) is 2. The van der Waals surface area contributed by atoms with Crippen LogP contribution >= 0.6 is 11.6 Å². The second-order valence-corrected chi connectivity index (χ2v) is 6.99. The monoisotopic (exact) mass is 338 g/mol. The first-order valence-electron chi connectivity index (χ1n) is 8.36. The molecule has 0 saturated heterocycles. The molecule has 0 heterocycles. The third kappa shape index (κ3) is 5.31. The van der Waals surface area contributed by atoms with Crippen LogP contribution in [-0.4, -0.2) is 25.7 Å². The predicted molar refractivity (Wildman–Crippen MR) is 94.2 cm³/mol. The molecule has 0 spiro atoms. The van der Waals surface area contributed by atoms with Crippen molar-refractivity contribution in [3.8, 4) is 5.75 Å². The van der Waals surface area contributed by atoms with Crippen molar-refractivity contribution in [2.24, 2.45) is 11.8 Å². The number of ether oxygens (including phenoxy) is 1. The van der Waals surface area contributed by atoms with Gasteiger partial charge in [0.05, 0.1) is 12.1 Å². The van der Waals surface area contributed by atoms with Crippen LogP contribution in [0.3, 0.4) is 0 Å². The normalized spacial score (nSPS) is 24.1. The minimum Gasteiger partial charge on any atom is -0.495 e. The van der Waals surface area contributed by atoms with Gasteiger partial charge in [0.2, 0.25) is 0 Å². The molecular formula is C18H27ClN2O2. The average Bonchev–Trinajstić information content (AvgIpc) is 2.52. The van der Waals surface area contributed by atoms with Gasteiger partial charge in [-0.25, -0.2) is 4.79 Å². The molecule has 1 fully saturated rings. The number of methoxy groups -OCH3 is 1. The second kappa shape index (κ2) is 8.44. The van der Waals surface area contributed by atoms with E-state index in [0.717, 1.165) is 30.7 Å². The summed E-state index contributed by atoms with van der Waals surface area (Å²) in [5.41, 5.74) is 1.09. The van der Waals surface area contributed by atoms with Crippen molar-refractivity contribution in [1.29, 1.82) is 0 Å². The summed E-state index contributed by atoms with van der Waals surface area (Å²) >= 11 is 6.01. The molecule has 1 saturated carbocycles. The summed E-state index contributed by atoms with van der Waals surface area (Å²) < 4.78 is 5.20. The summed E-state index contributed by atoms with van der Waals surface area (Å²) in [5, 5.41) is 6.62. The minimum absolute atomic E-state index is 0.0716. The first-order valence-corrected chi connectivity index (χ1v) is 8.74. The van der Waals surface area contributed by atoms with Crippen molar-refractivity contribution in [2.45, 2.75) is 45.6 Å². The highest BCUT2D eigenvalue weighted by molar-refractivity contribution is 6.32. The highest BCUT2D eigenvalue weighted by atomic mass is 35.5. The molecule has 3 unspecified atom stereocenters. The molecule has 23 heavy (non-hydrogen) atoms. The zero-order chi connectivity index (χ0) is 16.8. The Morgan fingerprint density at radius 1 is 1.30 bits per heavy atom. The average molecular weight is 339 g/mol. The summed E-state index contributed by atoms with van der Waals surface area (Å²) in [7, 11) is 1.60. The van der Waals surface area contributed by atoms with Gasteiger partial charge in [0.15, 0.2) is 0 Å². The molecule has 2 N–H and O–H groups in total. The molecule has 4 nitrogen and oxygen atoms in total. The standard InChI is InChI=1S/C18H27ClN2O2/c1-12-4-6-15(10-13(12)2)21-18(22)20-9-8-14-5-7-16(19)17(11-14)23-3/h5,7,11-13,15H,4,6,8-10H2,1-3H3,(H2,20,21,22). The third-order valence-electron chi connectivity index (χ3n) is 4.85. The molecule has 0 aliphatic heterocycles. The van der Waals surface area contributed by atoms with Gasteiger partial charge in [0.25, 0.3) is 0 Å². The van der Waals surface area contributed by atoms with Crippen LogP contribution in [0.4, 0.5) is 4.79 Å². The highest BCUT2D eigenvalue weighted by Gasteiger charge is 2.25. The molecule has 0 radical (unpaired) electrons. The molecule has 1 aliphatic carbocycles. The van der Waals surface area contributed by atoms with E-state index in [1.165, 1.54) is 6.42 Å². The van der Waals surface area contributed by atoms with Crippen molar-refractivity contribution in [1.82, 2.24) is 10.6 Å². The van der Waals surface area contributed by atoms with Crippen molar-refractivity contribution in [3.63, 3.8) is 0 Å². The smallest absolute Gasteiger partial charge is 0.315 e. The maximum absolute atomic E-state index is 12.0. The van der Waals surface area contributed by atoms with E-state index in [2.05, 4.69) is 24.5 Å². The predicted octanol–water partition coefficient (Wildman–Crippen LogP) is 4.02. The van der Waals surface area contributed by atoms with Crippen molar-refractivity contribution in [3.05, 3.63) is 28.8 Å². The first kappa shape index (κ1) is 17.9. The summed E-state index contributed by atoms with van der Waals surface area (Å²) in [5.74, 6) is 2.10. The van der Waals surface area contributed by atoms with E-state index in [0.29, 0.717) is 29.3 Å². The lowest BCUT2D eigenvalue weighted by molar-refractivity contribution is 0.208. The zero-order valence-corrected chi connectivity index (χ0v) is 15.0. The zero-order valence-electron chi connectivity index (χ0n) is 14.2. The Kier molecular flexibility index (Phi) is 6.58. The SMILES string of the molecule is COc1cc(CCNC(=O)NC2CCC(C)C(C)C2)ccc1Cl. The first-order chi connectivity index (χ1) is 11.0. The fraction of sp³-hybridized carbons (Fsp3) is 0.611. The number of hydrogen-bond donors (Lipinski definition) is 2. The van der Waals surface area contributed by atoms with Gasteiger partial charge in [-0.05, 0) is 55.2 Å². The van der Waals surface area contributed by atoms with Crippen LogP contribution in [-0.2, 0) is 6.42 Å². The second-order valence-electron chi connectivity index (χ2n) is 6.58. The van der Waals surface area contributed by atoms with E-state index in [4.69, 9.17) is 16.3 Å². The summed E-state index contributed by atoms with van der Waals surface area (Å²) in [6.45, 7) is 5.15. The lowest BCUT2D eigenvalue weighted by Gasteiger charge is -2.32. The molecule has 0 aromatic heterocycles. The van der Waals surface area contributed by atoms with Crippen molar-refractivity contribution >= 4 is 17.6 Å². The molecule has 0 bridgehead atoms. The molecule has 128 valence electrons. The van der Waals surface area contributed by atoms with Crippen LogP contribution in [0, 0.1) is 11.8 Å². The van der Waals surface area contributed by atoms with Gasteiger partial charge in [-0.15, -0.1) is 0 Å². The van der Waals surface area contributed by atoms with Gasteiger partial charge in [-0.1, -0.05) is 31.5 Å². The molecule has 1 aromatic rings. The van der Waals surface area contributed by atoms with Gasteiger partial charge in [0, 0.05) is 12.6 Å². The van der Waals surface area contributed by atoms with Crippen LogP contribution in [0.25, 0.3) is 0 Å². The number of rotatable bonds is 5. The minimum atomic E-state index is -0.0716. The number of nitrogens with one attached hydrogen (secondary N) is 2. The van der Waals surface area contributed by atoms with Crippen molar-refractivity contribution in [2.75, 3.05) is 13.7 Å². The Bertz CT molecular complexity index is 536. The van der Waals surface area contributed by atoms with Gasteiger partial charge in [-0.2, -0.15) is 0 Å². The van der Waals surface area contributed by atoms with Crippen LogP contribution in [0.2, 0.25) is 5.02 Å². The van der Waals surface area contributed by atoms with E-state index in [1.54, 1.807) is 7.11 Å². The molecule has 1 aliphatic rings. The number of carbonyl (C=O) groups excluding carboxylic acids is 1. The number of carbonyl (C=O) groups is 1. The Hall–Kier alpha value is -1.42. The number of amides is 2. The Morgan fingerprint density at radius 3 is 2.78 bits per heavy atom.